The van der Waals surface area contributed by atoms with E-state index in [2.05, 4.69) is 0 Å². The molecular formula is C11H12ClF2NO4S. The van der Waals surface area contributed by atoms with E-state index in [0.717, 1.165) is 0 Å². The molecule has 0 saturated heterocycles. The van der Waals surface area contributed by atoms with Gasteiger partial charge in [0.25, 0.3) is 9.05 Å². The Bertz CT molecular complexity index is 596. The van der Waals surface area contributed by atoms with E-state index in [1.807, 2.05) is 0 Å². The van der Waals surface area contributed by atoms with Crippen LogP contribution >= 0.6 is 10.7 Å². The first-order chi connectivity index (χ1) is 9.12. The molecule has 0 aliphatic heterocycles. The molecule has 0 saturated carbocycles. The van der Waals surface area contributed by atoms with Crippen LogP contribution in [0.15, 0.2) is 17.0 Å². The van der Waals surface area contributed by atoms with Gasteiger partial charge in [0.05, 0.1) is 17.9 Å². The van der Waals surface area contributed by atoms with Crippen molar-refractivity contribution in [1.29, 1.82) is 0 Å². The lowest BCUT2D eigenvalue weighted by molar-refractivity contribution is -0.129. The molecule has 0 aliphatic rings. The van der Waals surface area contributed by atoms with E-state index >= 15 is 0 Å². The van der Waals surface area contributed by atoms with Crippen LogP contribution in [0.4, 0.5) is 8.78 Å². The standard InChI is InChI=1S/C11H12ClF2NO4S/c1-15(2)10(16)3-4-19-11-8(13)5-7(6-9(11)14)20(12,17)18/h5-6H,3-4H2,1-2H3. The van der Waals surface area contributed by atoms with Crippen molar-refractivity contribution >= 4 is 25.6 Å². The Balaban J connectivity index is 2.85. The number of hydrogen-bond acceptors (Lipinski definition) is 4. The van der Waals surface area contributed by atoms with Crippen LogP contribution in [-0.2, 0) is 13.8 Å². The number of halogens is 3. The van der Waals surface area contributed by atoms with E-state index in [1.165, 1.54) is 19.0 Å². The minimum absolute atomic E-state index is 0.0680. The molecule has 0 aromatic heterocycles. The van der Waals surface area contributed by atoms with Crippen LogP contribution in [0.5, 0.6) is 5.75 Å². The van der Waals surface area contributed by atoms with E-state index in [1.54, 1.807) is 0 Å². The molecule has 0 bridgehead atoms. The summed E-state index contributed by atoms with van der Waals surface area (Å²) in [7, 11) is 3.81. The topological polar surface area (TPSA) is 63.7 Å². The Morgan fingerprint density at radius 3 is 2.20 bits per heavy atom. The lowest BCUT2D eigenvalue weighted by Crippen LogP contribution is -2.23. The summed E-state index contributed by atoms with van der Waals surface area (Å²) in [4.78, 5) is 11.9. The number of hydrogen-bond donors (Lipinski definition) is 0. The summed E-state index contributed by atoms with van der Waals surface area (Å²) in [6, 6.07) is 1.10. The van der Waals surface area contributed by atoms with Crippen molar-refractivity contribution in [2.75, 3.05) is 20.7 Å². The molecule has 0 atom stereocenters. The fourth-order valence-electron chi connectivity index (χ4n) is 1.28. The molecule has 1 aromatic carbocycles. The molecule has 0 unspecified atom stereocenters. The SMILES string of the molecule is CN(C)C(=O)CCOc1c(F)cc(S(=O)(=O)Cl)cc1F. The van der Waals surface area contributed by atoms with Gasteiger partial charge in [0.15, 0.2) is 17.4 Å². The number of carbonyl (C=O) groups is 1. The third-order valence-electron chi connectivity index (χ3n) is 2.31. The summed E-state index contributed by atoms with van der Waals surface area (Å²) >= 11 is 0. The first-order valence-electron chi connectivity index (χ1n) is 5.39. The van der Waals surface area contributed by atoms with Crippen molar-refractivity contribution in [1.82, 2.24) is 4.90 Å². The van der Waals surface area contributed by atoms with Gasteiger partial charge in [-0.15, -0.1) is 0 Å². The average molecular weight is 328 g/mol. The summed E-state index contributed by atoms with van der Waals surface area (Å²) in [5, 5.41) is 0. The van der Waals surface area contributed by atoms with Crippen LogP contribution < -0.4 is 4.74 Å². The Hall–Kier alpha value is -1.41. The highest BCUT2D eigenvalue weighted by atomic mass is 35.7. The largest absolute Gasteiger partial charge is 0.487 e. The molecule has 1 aromatic rings. The molecule has 0 aliphatic carbocycles. The second-order valence-corrected chi connectivity index (χ2v) is 6.61. The van der Waals surface area contributed by atoms with Gasteiger partial charge in [0.2, 0.25) is 5.91 Å². The van der Waals surface area contributed by atoms with Gasteiger partial charge in [-0.2, -0.15) is 0 Å². The van der Waals surface area contributed by atoms with Crippen molar-refractivity contribution in [3.05, 3.63) is 23.8 Å². The van der Waals surface area contributed by atoms with Crippen LogP contribution in [-0.4, -0.2) is 39.9 Å². The normalized spacial score (nSPS) is 11.2. The Morgan fingerprint density at radius 2 is 1.80 bits per heavy atom. The van der Waals surface area contributed by atoms with E-state index < -0.39 is 31.3 Å². The molecule has 0 spiro atoms. The van der Waals surface area contributed by atoms with Crippen LogP contribution in [0.1, 0.15) is 6.42 Å². The maximum absolute atomic E-state index is 13.5. The number of carbonyl (C=O) groups excluding carboxylic acids is 1. The molecule has 0 radical (unpaired) electrons. The molecule has 112 valence electrons. The van der Waals surface area contributed by atoms with Gasteiger partial charge >= 0.3 is 0 Å². The molecule has 0 fully saturated rings. The molecule has 1 rings (SSSR count). The summed E-state index contributed by atoms with van der Waals surface area (Å²) < 4.78 is 53.8. The summed E-state index contributed by atoms with van der Waals surface area (Å²) in [6.07, 6.45) is -0.0680. The molecule has 0 heterocycles. The van der Waals surface area contributed by atoms with Gasteiger partial charge in [0, 0.05) is 24.8 Å². The second-order valence-electron chi connectivity index (χ2n) is 4.04. The minimum atomic E-state index is -4.23. The highest BCUT2D eigenvalue weighted by Gasteiger charge is 2.19. The number of amides is 1. The maximum atomic E-state index is 13.5. The number of benzene rings is 1. The van der Waals surface area contributed by atoms with E-state index in [0.29, 0.717) is 12.1 Å². The Morgan fingerprint density at radius 1 is 1.30 bits per heavy atom. The highest BCUT2D eigenvalue weighted by Crippen LogP contribution is 2.27. The maximum Gasteiger partial charge on any atom is 0.261 e. The van der Waals surface area contributed by atoms with Gasteiger partial charge < -0.3 is 9.64 Å². The van der Waals surface area contributed by atoms with Crippen LogP contribution in [0.25, 0.3) is 0 Å². The highest BCUT2D eigenvalue weighted by molar-refractivity contribution is 8.13. The first kappa shape index (κ1) is 16.6. The van der Waals surface area contributed by atoms with E-state index in [-0.39, 0.29) is 18.9 Å². The van der Waals surface area contributed by atoms with Crippen LogP contribution in [0, 0.1) is 11.6 Å². The minimum Gasteiger partial charge on any atom is -0.487 e. The predicted molar refractivity (Wildman–Crippen MR) is 68.2 cm³/mol. The number of nitrogens with zero attached hydrogens (tertiary/aromatic N) is 1. The molecular weight excluding hydrogens is 316 g/mol. The predicted octanol–water partition coefficient (Wildman–Crippen LogP) is 1.75. The molecule has 20 heavy (non-hydrogen) atoms. The van der Waals surface area contributed by atoms with Crippen molar-refractivity contribution in [3.63, 3.8) is 0 Å². The van der Waals surface area contributed by atoms with Crippen molar-refractivity contribution in [2.24, 2.45) is 0 Å². The zero-order valence-electron chi connectivity index (χ0n) is 10.7. The Kier molecular flexibility index (Phi) is 5.29. The Labute approximate surface area is 119 Å². The summed E-state index contributed by atoms with van der Waals surface area (Å²) in [5.41, 5.74) is 0. The lowest BCUT2D eigenvalue weighted by atomic mass is 10.3. The third-order valence-corrected chi connectivity index (χ3v) is 3.65. The lowest BCUT2D eigenvalue weighted by Gasteiger charge is -2.12. The molecule has 5 nitrogen and oxygen atoms in total. The second kappa shape index (κ2) is 6.36. The fraction of sp³-hybridized carbons (Fsp3) is 0.364. The molecule has 1 amide bonds. The third kappa shape index (κ3) is 4.31. The van der Waals surface area contributed by atoms with Gasteiger partial charge in [-0.05, 0) is 12.1 Å². The summed E-state index contributed by atoms with van der Waals surface area (Å²) in [5.74, 6) is -3.44. The fourth-order valence-corrected chi connectivity index (χ4v) is 2.04. The monoisotopic (exact) mass is 327 g/mol. The zero-order valence-corrected chi connectivity index (χ0v) is 12.3. The van der Waals surface area contributed by atoms with Gasteiger partial charge in [-0.25, -0.2) is 17.2 Å². The van der Waals surface area contributed by atoms with Gasteiger partial charge in [-0.3, -0.25) is 4.79 Å². The van der Waals surface area contributed by atoms with E-state index in [4.69, 9.17) is 15.4 Å². The van der Waals surface area contributed by atoms with Crippen LogP contribution in [0.2, 0.25) is 0 Å². The number of rotatable bonds is 5. The average Bonchev–Trinajstić information content (AvgIpc) is 2.30. The van der Waals surface area contributed by atoms with Crippen molar-refractivity contribution in [2.45, 2.75) is 11.3 Å². The van der Waals surface area contributed by atoms with E-state index in [9.17, 15) is 22.0 Å². The zero-order chi connectivity index (χ0) is 15.5. The quantitative estimate of drug-likeness (QED) is 0.773. The number of ether oxygens (including phenoxy) is 1. The van der Waals surface area contributed by atoms with Crippen molar-refractivity contribution < 1.29 is 26.7 Å². The van der Waals surface area contributed by atoms with Crippen molar-refractivity contribution in [3.8, 4) is 5.75 Å². The smallest absolute Gasteiger partial charge is 0.261 e. The molecule has 0 N–H and O–H groups in total. The van der Waals surface area contributed by atoms with Crippen LogP contribution in [0.3, 0.4) is 0 Å². The molecule has 9 heteroatoms. The first-order valence-corrected chi connectivity index (χ1v) is 7.70. The van der Waals surface area contributed by atoms with Gasteiger partial charge in [0.1, 0.15) is 0 Å². The summed E-state index contributed by atoms with van der Waals surface area (Å²) in [6.45, 7) is -0.238. The van der Waals surface area contributed by atoms with Gasteiger partial charge in [-0.1, -0.05) is 0 Å².